The van der Waals surface area contributed by atoms with Crippen LogP contribution in [-0.4, -0.2) is 33.2 Å². The minimum absolute atomic E-state index is 0.143. The molecule has 4 N–H and O–H groups in total. The average Bonchev–Trinajstić information content (AvgIpc) is 2.86. The molecule has 110 valence electrons. The molecule has 1 aromatic heterocycles. The molecule has 0 saturated carbocycles. The number of benzene rings is 1. The van der Waals surface area contributed by atoms with Crippen LogP contribution in [0, 0.1) is 0 Å². The number of phenols is 1. The molecule has 2 aromatic rings. The Morgan fingerprint density at radius 2 is 2.38 bits per heavy atom. The second-order valence-electron chi connectivity index (χ2n) is 3.70. The number of aromatic nitrogens is 2. The second-order valence-corrected chi connectivity index (χ2v) is 6.78. The summed E-state index contributed by atoms with van der Waals surface area (Å²) in [5.74, 6) is 0.0531. The van der Waals surface area contributed by atoms with E-state index in [1.807, 2.05) is 0 Å². The van der Waals surface area contributed by atoms with Gasteiger partial charge in [0.2, 0.25) is 5.13 Å². The van der Waals surface area contributed by atoms with Gasteiger partial charge in [0.25, 0.3) is 5.91 Å². The van der Waals surface area contributed by atoms with Crippen LogP contribution in [0.5, 0.6) is 5.75 Å². The second kappa shape index (κ2) is 7.38. The number of hydrogen-bond acceptors (Lipinski definition) is 8. The van der Waals surface area contributed by atoms with Crippen LogP contribution < -0.4 is 11.2 Å². The maximum atomic E-state index is 11.6. The van der Waals surface area contributed by atoms with Gasteiger partial charge in [-0.25, -0.2) is 5.43 Å². The normalized spacial score (nSPS) is 10.9. The Hall–Kier alpha value is -1.65. The predicted molar refractivity (Wildman–Crippen MR) is 86.6 cm³/mol. The fourth-order valence-corrected chi connectivity index (χ4v) is 3.05. The van der Waals surface area contributed by atoms with Crippen LogP contribution in [0.1, 0.15) is 5.56 Å². The number of nitrogens with one attached hydrogen (secondary N) is 1. The molecule has 0 spiro atoms. The van der Waals surface area contributed by atoms with Crippen LogP contribution in [0.2, 0.25) is 0 Å². The number of carbonyl (C=O) groups is 1. The number of hydrogen-bond donors (Lipinski definition) is 3. The lowest BCUT2D eigenvalue weighted by Crippen LogP contribution is -2.19. The number of amides is 1. The molecule has 0 unspecified atom stereocenters. The summed E-state index contributed by atoms with van der Waals surface area (Å²) in [6, 6.07) is 4.89. The van der Waals surface area contributed by atoms with Gasteiger partial charge in [0.15, 0.2) is 4.34 Å². The molecule has 0 aliphatic carbocycles. The fourth-order valence-electron chi connectivity index (χ4n) is 1.22. The van der Waals surface area contributed by atoms with Crippen molar-refractivity contribution in [1.82, 2.24) is 15.6 Å². The van der Waals surface area contributed by atoms with Crippen molar-refractivity contribution >= 4 is 56.3 Å². The van der Waals surface area contributed by atoms with Gasteiger partial charge in [0.1, 0.15) is 5.75 Å². The maximum Gasteiger partial charge on any atom is 0.250 e. The van der Waals surface area contributed by atoms with Crippen molar-refractivity contribution in [3.8, 4) is 5.75 Å². The Bertz CT molecular complexity index is 676. The lowest BCUT2D eigenvalue weighted by atomic mass is 10.2. The molecule has 0 bridgehead atoms. The highest BCUT2D eigenvalue weighted by atomic mass is 79.9. The number of hydrazone groups is 1. The summed E-state index contributed by atoms with van der Waals surface area (Å²) in [6.07, 6.45) is 1.48. The van der Waals surface area contributed by atoms with Gasteiger partial charge in [-0.3, -0.25) is 4.79 Å². The van der Waals surface area contributed by atoms with E-state index < -0.39 is 0 Å². The number of nitrogen functional groups attached to an aromatic ring is 1. The monoisotopic (exact) mass is 387 g/mol. The zero-order valence-corrected chi connectivity index (χ0v) is 13.7. The van der Waals surface area contributed by atoms with Crippen LogP contribution in [0.4, 0.5) is 5.13 Å². The Labute approximate surface area is 136 Å². The number of nitrogens with two attached hydrogens (primary N) is 1. The number of thioether (sulfide) groups is 1. The van der Waals surface area contributed by atoms with Crippen LogP contribution in [0.3, 0.4) is 0 Å². The summed E-state index contributed by atoms with van der Waals surface area (Å²) in [7, 11) is 0. The van der Waals surface area contributed by atoms with E-state index in [9.17, 15) is 9.90 Å². The number of carbonyl (C=O) groups excluding carboxylic acids is 1. The zero-order chi connectivity index (χ0) is 15.2. The summed E-state index contributed by atoms with van der Waals surface area (Å²) >= 11 is 5.66. The molecule has 1 heterocycles. The van der Waals surface area contributed by atoms with E-state index in [-0.39, 0.29) is 17.4 Å². The third-order valence-corrected chi connectivity index (χ3v) is 4.64. The lowest BCUT2D eigenvalue weighted by molar-refractivity contribution is -0.118. The molecule has 2 rings (SSSR count). The van der Waals surface area contributed by atoms with Crippen molar-refractivity contribution in [3.63, 3.8) is 0 Å². The Kier molecular flexibility index (Phi) is 5.53. The van der Waals surface area contributed by atoms with Gasteiger partial charge in [0.05, 0.1) is 16.4 Å². The van der Waals surface area contributed by atoms with Crippen molar-refractivity contribution in [2.24, 2.45) is 5.10 Å². The first-order valence-electron chi connectivity index (χ1n) is 5.57. The Morgan fingerprint density at radius 3 is 3.05 bits per heavy atom. The Morgan fingerprint density at radius 1 is 1.57 bits per heavy atom. The molecule has 10 heteroatoms. The number of aromatic hydroxyl groups is 1. The van der Waals surface area contributed by atoms with Crippen LogP contribution in [0.25, 0.3) is 0 Å². The zero-order valence-electron chi connectivity index (χ0n) is 10.5. The summed E-state index contributed by atoms with van der Waals surface area (Å²) in [5.41, 5.74) is 8.58. The van der Waals surface area contributed by atoms with Gasteiger partial charge < -0.3 is 10.8 Å². The minimum atomic E-state index is -0.261. The third kappa shape index (κ3) is 4.99. The number of phenolic OH excluding ortho intramolecular Hbond substituents is 1. The quantitative estimate of drug-likeness (QED) is 0.409. The SMILES string of the molecule is Nc1nnc(SCC(=O)NN=Cc2ccc(O)c(Br)c2)s1. The van der Waals surface area contributed by atoms with Gasteiger partial charge in [-0.05, 0) is 39.7 Å². The van der Waals surface area contributed by atoms with E-state index in [1.54, 1.807) is 12.1 Å². The van der Waals surface area contributed by atoms with Crippen molar-refractivity contribution in [3.05, 3.63) is 28.2 Å². The highest BCUT2D eigenvalue weighted by Crippen LogP contribution is 2.24. The van der Waals surface area contributed by atoms with Crippen LogP contribution >= 0.6 is 39.0 Å². The van der Waals surface area contributed by atoms with Gasteiger partial charge >= 0.3 is 0 Å². The van der Waals surface area contributed by atoms with Crippen LogP contribution in [0.15, 0.2) is 32.1 Å². The molecule has 0 aliphatic rings. The highest BCUT2D eigenvalue weighted by Gasteiger charge is 2.05. The van der Waals surface area contributed by atoms with Gasteiger partial charge in [-0.2, -0.15) is 5.10 Å². The summed E-state index contributed by atoms with van der Waals surface area (Å²) < 4.78 is 1.19. The molecule has 21 heavy (non-hydrogen) atoms. The van der Waals surface area contributed by atoms with E-state index in [0.29, 0.717) is 13.9 Å². The van der Waals surface area contributed by atoms with Gasteiger partial charge in [0, 0.05) is 0 Å². The number of rotatable bonds is 5. The molecular formula is C11H10BrN5O2S2. The summed E-state index contributed by atoms with van der Waals surface area (Å²) in [6.45, 7) is 0. The van der Waals surface area contributed by atoms with Gasteiger partial charge in [-0.1, -0.05) is 23.1 Å². The van der Waals surface area contributed by atoms with E-state index in [4.69, 9.17) is 5.73 Å². The van der Waals surface area contributed by atoms with Crippen LogP contribution in [-0.2, 0) is 4.79 Å². The lowest BCUT2D eigenvalue weighted by Gasteiger charge is -1.99. The topological polar surface area (TPSA) is 113 Å². The van der Waals surface area contributed by atoms with E-state index in [0.717, 1.165) is 5.56 Å². The first-order valence-corrected chi connectivity index (χ1v) is 8.16. The minimum Gasteiger partial charge on any atom is -0.507 e. The molecule has 7 nitrogen and oxygen atoms in total. The molecule has 0 aliphatic heterocycles. The molecule has 1 aromatic carbocycles. The van der Waals surface area contributed by atoms with Crippen molar-refractivity contribution in [2.75, 3.05) is 11.5 Å². The molecule has 1 amide bonds. The smallest absolute Gasteiger partial charge is 0.250 e. The standard InChI is InChI=1S/C11H10BrN5O2S2/c12-7-3-6(1-2-8(7)18)4-14-15-9(19)5-20-11-17-16-10(13)21-11/h1-4,18H,5H2,(H2,13,16)(H,15,19). The highest BCUT2D eigenvalue weighted by molar-refractivity contribution is 9.10. The van der Waals surface area contributed by atoms with Crippen molar-refractivity contribution < 1.29 is 9.90 Å². The van der Waals surface area contributed by atoms with E-state index in [2.05, 4.69) is 36.7 Å². The molecule has 0 fully saturated rings. The van der Waals surface area contributed by atoms with E-state index in [1.165, 1.54) is 35.4 Å². The number of halogens is 1. The maximum absolute atomic E-state index is 11.6. The molecule has 0 radical (unpaired) electrons. The van der Waals surface area contributed by atoms with Gasteiger partial charge in [-0.15, -0.1) is 10.2 Å². The van der Waals surface area contributed by atoms with Crippen molar-refractivity contribution in [2.45, 2.75) is 4.34 Å². The van der Waals surface area contributed by atoms with E-state index >= 15 is 0 Å². The summed E-state index contributed by atoms with van der Waals surface area (Å²) in [4.78, 5) is 11.6. The first kappa shape index (κ1) is 15.7. The molecular weight excluding hydrogens is 378 g/mol. The number of anilines is 1. The fraction of sp³-hybridized carbons (Fsp3) is 0.0909. The Balaban J connectivity index is 1.80. The van der Waals surface area contributed by atoms with Crippen molar-refractivity contribution in [1.29, 1.82) is 0 Å². The predicted octanol–water partition coefficient (Wildman–Crippen LogP) is 1.83. The average molecular weight is 388 g/mol. The molecule has 0 saturated heterocycles. The largest absolute Gasteiger partial charge is 0.507 e. The number of nitrogens with zero attached hydrogens (tertiary/aromatic N) is 3. The summed E-state index contributed by atoms with van der Waals surface area (Å²) in [5, 5.41) is 21.0. The third-order valence-electron chi connectivity index (χ3n) is 2.12. The first-order chi connectivity index (χ1) is 10.0. The molecule has 0 atom stereocenters.